The molecule has 0 aliphatic rings. The zero-order valence-electron chi connectivity index (χ0n) is 12.6. The minimum atomic E-state index is -0.721. The van der Waals surface area contributed by atoms with Gasteiger partial charge < -0.3 is 9.84 Å². The van der Waals surface area contributed by atoms with Gasteiger partial charge in [0.2, 0.25) is 0 Å². The van der Waals surface area contributed by atoms with Crippen molar-refractivity contribution in [2.45, 2.75) is 39.4 Å². The van der Waals surface area contributed by atoms with Crippen LogP contribution in [0, 0.1) is 12.7 Å². The molecule has 3 heteroatoms. The van der Waals surface area contributed by atoms with Crippen LogP contribution >= 0.6 is 0 Å². The lowest BCUT2D eigenvalue weighted by Gasteiger charge is -2.21. The first-order valence-corrected chi connectivity index (χ1v) is 7.21. The molecule has 0 aliphatic heterocycles. The van der Waals surface area contributed by atoms with Crippen molar-refractivity contribution in [3.8, 4) is 5.75 Å². The minimum Gasteiger partial charge on any atom is -0.488 e. The van der Waals surface area contributed by atoms with Gasteiger partial charge in [-0.2, -0.15) is 0 Å². The molecule has 1 N–H and O–H groups in total. The fourth-order valence-electron chi connectivity index (χ4n) is 2.19. The fraction of sp³-hybridized carbons (Fsp3) is 0.333. The van der Waals surface area contributed by atoms with E-state index in [0.29, 0.717) is 11.3 Å². The summed E-state index contributed by atoms with van der Waals surface area (Å²) in [5.74, 6) is 0.302. The maximum atomic E-state index is 13.2. The molecule has 0 spiro atoms. The van der Waals surface area contributed by atoms with Crippen molar-refractivity contribution in [1.82, 2.24) is 0 Å². The standard InChI is InChI=1S/C18H21FO2/c1-4-14-5-7-15(8-6-14)18(20)13(3)21-16-9-10-17(19)12(2)11-16/h5-11,13,18,20H,4H2,1-3H3. The lowest BCUT2D eigenvalue weighted by molar-refractivity contribution is 0.0467. The molecule has 2 unspecified atom stereocenters. The second-order valence-corrected chi connectivity index (χ2v) is 5.27. The van der Waals surface area contributed by atoms with E-state index in [1.807, 2.05) is 24.3 Å². The molecule has 0 aliphatic carbocycles. The van der Waals surface area contributed by atoms with Crippen molar-refractivity contribution < 1.29 is 14.2 Å². The van der Waals surface area contributed by atoms with Crippen LogP contribution < -0.4 is 4.74 Å². The number of aliphatic hydroxyl groups is 1. The Hall–Kier alpha value is -1.87. The average Bonchev–Trinajstić information content (AvgIpc) is 2.50. The number of aryl methyl sites for hydroxylation is 2. The monoisotopic (exact) mass is 288 g/mol. The summed E-state index contributed by atoms with van der Waals surface area (Å²) in [6, 6.07) is 12.4. The van der Waals surface area contributed by atoms with Crippen molar-refractivity contribution in [2.75, 3.05) is 0 Å². The Morgan fingerprint density at radius 3 is 2.38 bits per heavy atom. The van der Waals surface area contributed by atoms with Gasteiger partial charge in [0.1, 0.15) is 23.8 Å². The molecule has 0 fully saturated rings. The zero-order chi connectivity index (χ0) is 15.4. The number of hydrogen-bond donors (Lipinski definition) is 1. The van der Waals surface area contributed by atoms with E-state index in [2.05, 4.69) is 6.92 Å². The van der Waals surface area contributed by atoms with Crippen LogP contribution in [0.2, 0.25) is 0 Å². The van der Waals surface area contributed by atoms with Gasteiger partial charge in [-0.25, -0.2) is 4.39 Å². The molecule has 0 aromatic heterocycles. The molecule has 0 amide bonds. The first-order valence-electron chi connectivity index (χ1n) is 7.21. The van der Waals surface area contributed by atoms with E-state index in [4.69, 9.17) is 4.74 Å². The van der Waals surface area contributed by atoms with E-state index < -0.39 is 12.2 Å². The zero-order valence-corrected chi connectivity index (χ0v) is 12.6. The minimum absolute atomic E-state index is 0.259. The smallest absolute Gasteiger partial charge is 0.126 e. The number of benzene rings is 2. The van der Waals surface area contributed by atoms with E-state index >= 15 is 0 Å². The van der Waals surface area contributed by atoms with E-state index in [0.717, 1.165) is 12.0 Å². The lowest BCUT2D eigenvalue weighted by atomic mass is 10.0. The molecular formula is C18H21FO2. The van der Waals surface area contributed by atoms with Crippen molar-refractivity contribution in [2.24, 2.45) is 0 Å². The topological polar surface area (TPSA) is 29.5 Å². The summed E-state index contributed by atoms with van der Waals surface area (Å²) in [5, 5.41) is 10.3. The quantitative estimate of drug-likeness (QED) is 0.893. The highest BCUT2D eigenvalue weighted by molar-refractivity contribution is 5.30. The van der Waals surface area contributed by atoms with Gasteiger partial charge in [0.25, 0.3) is 0 Å². The highest BCUT2D eigenvalue weighted by atomic mass is 19.1. The van der Waals surface area contributed by atoms with Gasteiger partial charge in [0.05, 0.1) is 0 Å². The Labute approximate surface area is 125 Å². The van der Waals surface area contributed by atoms with Crippen LogP contribution in [0.25, 0.3) is 0 Å². The number of rotatable bonds is 5. The van der Waals surface area contributed by atoms with Gasteiger partial charge >= 0.3 is 0 Å². The van der Waals surface area contributed by atoms with Crippen LogP contribution in [0.3, 0.4) is 0 Å². The fourth-order valence-corrected chi connectivity index (χ4v) is 2.19. The second-order valence-electron chi connectivity index (χ2n) is 5.27. The van der Waals surface area contributed by atoms with Crippen molar-refractivity contribution in [1.29, 1.82) is 0 Å². The van der Waals surface area contributed by atoms with Crippen molar-refractivity contribution in [3.63, 3.8) is 0 Å². The lowest BCUT2D eigenvalue weighted by Crippen LogP contribution is -2.21. The molecule has 2 aromatic carbocycles. The Morgan fingerprint density at radius 1 is 1.14 bits per heavy atom. The van der Waals surface area contributed by atoms with E-state index in [-0.39, 0.29) is 5.82 Å². The van der Waals surface area contributed by atoms with E-state index in [1.165, 1.54) is 11.6 Å². The average molecular weight is 288 g/mol. The summed E-state index contributed by atoms with van der Waals surface area (Å²) in [4.78, 5) is 0. The Kier molecular flexibility index (Phi) is 4.97. The van der Waals surface area contributed by atoms with Crippen LogP contribution in [0.4, 0.5) is 4.39 Å². The summed E-state index contributed by atoms with van der Waals surface area (Å²) in [5.41, 5.74) is 2.58. The highest BCUT2D eigenvalue weighted by Gasteiger charge is 2.18. The van der Waals surface area contributed by atoms with Gasteiger partial charge in [0, 0.05) is 0 Å². The first kappa shape index (κ1) is 15.5. The van der Waals surface area contributed by atoms with Crippen LogP contribution in [0.5, 0.6) is 5.75 Å². The Morgan fingerprint density at radius 2 is 1.81 bits per heavy atom. The number of hydrogen-bond acceptors (Lipinski definition) is 2. The first-order chi connectivity index (χ1) is 10.0. The van der Waals surface area contributed by atoms with E-state index in [9.17, 15) is 9.50 Å². The number of halogens is 1. The van der Waals surface area contributed by atoms with E-state index in [1.54, 1.807) is 26.0 Å². The van der Waals surface area contributed by atoms with Crippen LogP contribution in [0.1, 0.15) is 36.6 Å². The number of aliphatic hydroxyl groups excluding tert-OH is 1. The highest BCUT2D eigenvalue weighted by Crippen LogP contribution is 2.23. The van der Waals surface area contributed by atoms with Gasteiger partial charge in [-0.1, -0.05) is 31.2 Å². The van der Waals surface area contributed by atoms with Crippen LogP contribution in [-0.4, -0.2) is 11.2 Å². The van der Waals surface area contributed by atoms with Gasteiger partial charge in [-0.3, -0.25) is 0 Å². The van der Waals surface area contributed by atoms with Crippen molar-refractivity contribution >= 4 is 0 Å². The molecule has 2 aromatic rings. The molecule has 2 atom stereocenters. The molecular weight excluding hydrogens is 267 g/mol. The molecule has 2 nitrogen and oxygen atoms in total. The summed E-state index contributed by atoms with van der Waals surface area (Å²) < 4.78 is 18.9. The summed E-state index contributed by atoms with van der Waals surface area (Å²) in [6.45, 7) is 5.58. The molecule has 112 valence electrons. The predicted molar refractivity (Wildman–Crippen MR) is 82.0 cm³/mol. The number of ether oxygens (including phenoxy) is 1. The molecule has 2 rings (SSSR count). The Balaban J connectivity index is 2.07. The third kappa shape index (κ3) is 3.82. The van der Waals surface area contributed by atoms with Gasteiger partial charge in [-0.05, 0) is 55.2 Å². The maximum Gasteiger partial charge on any atom is 0.126 e. The normalized spacial score (nSPS) is 13.8. The third-order valence-corrected chi connectivity index (χ3v) is 3.63. The molecule has 0 saturated heterocycles. The van der Waals surface area contributed by atoms with Crippen LogP contribution in [-0.2, 0) is 6.42 Å². The summed E-state index contributed by atoms with van der Waals surface area (Å²) in [7, 11) is 0. The third-order valence-electron chi connectivity index (χ3n) is 3.63. The Bertz CT molecular complexity index is 593. The molecule has 0 bridgehead atoms. The maximum absolute atomic E-state index is 13.2. The summed E-state index contributed by atoms with van der Waals surface area (Å²) in [6.07, 6.45) is -0.166. The van der Waals surface area contributed by atoms with Gasteiger partial charge in [-0.15, -0.1) is 0 Å². The second kappa shape index (κ2) is 6.72. The molecule has 0 heterocycles. The SMILES string of the molecule is CCc1ccc(C(O)C(C)Oc2ccc(F)c(C)c2)cc1. The van der Waals surface area contributed by atoms with Gasteiger partial charge in [0.15, 0.2) is 0 Å². The molecule has 0 saturated carbocycles. The predicted octanol–water partition coefficient (Wildman–Crippen LogP) is 4.20. The summed E-state index contributed by atoms with van der Waals surface area (Å²) >= 11 is 0. The van der Waals surface area contributed by atoms with Crippen LogP contribution in [0.15, 0.2) is 42.5 Å². The molecule has 21 heavy (non-hydrogen) atoms. The molecule has 0 radical (unpaired) electrons. The largest absolute Gasteiger partial charge is 0.488 e. The van der Waals surface area contributed by atoms with Crippen molar-refractivity contribution in [3.05, 3.63) is 65.0 Å².